The summed E-state index contributed by atoms with van der Waals surface area (Å²) >= 11 is 11.7. The first kappa shape index (κ1) is 18.2. The first-order valence-corrected chi connectivity index (χ1v) is 8.56. The van der Waals surface area contributed by atoms with Crippen LogP contribution < -0.4 is 10.7 Å². The largest absolute Gasteiger partial charge is 0.506 e. The molecular formula is C18H15Cl2N3O3. The Kier molecular flexibility index (Phi) is 5.44. The maximum atomic E-state index is 12.4. The molecule has 0 aromatic heterocycles. The molecule has 1 saturated heterocycles. The lowest BCUT2D eigenvalue weighted by molar-refractivity contribution is -0.133. The molecule has 0 saturated carbocycles. The molecule has 2 amide bonds. The number of halogens is 2. The zero-order valence-electron chi connectivity index (χ0n) is 13.4. The monoisotopic (exact) mass is 391 g/mol. The summed E-state index contributed by atoms with van der Waals surface area (Å²) in [4.78, 5) is 24.5. The van der Waals surface area contributed by atoms with E-state index >= 15 is 0 Å². The molecule has 2 atom stereocenters. The summed E-state index contributed by atoms with van der Waals surface area (Å²) in [6.45, 7) is 0.384. The molecule has 8 heteroatoms. The van der Waals surface area contributed by atoms with Crippen molar-refractivity contribution in [1.82, 2.24) is 10.7 Å². The number of hydrogen-bond acceptors (Lipinski definition) is 4. The van der Waals surface area contributed by atoms with Crippen molar-refractivity contribution in [2.24, 2.45) is 11.0 Å². The lowest BCUT2D eigenvalue weighted by Crippen LogP contribution is -2.34. The molecule has 0 aliphatic carbocycles. The average molecular weight is 392 g/mol. The highest BCUT2D eigenvalue weighted by molar-refractivity contribution is 6.36. The minimum atomic E-state index is -0.883. The number of nitrogens with zero attached hydrogens (tertiary/aromatic N) is 1. The fourth-order valence-corrected chi connectivity index (χ4v) is 3.36. The molecule has 6 nitrogen and oxygen atoms in total. The van der Waals surface area contributed by atoms with Gasteiger partial charge in [-0.15, -0.1) is 0 Å². The van der Waals surface area contributed by atoms with E-state index in [9.17, 15) is 14.7 Å². The number of phenols is 1. The van der Waals surface area contributed by atoms with Crippen molar-refractivity contribution in [3.8, 4) is 5.75 Å². The lowest BCUT2D eigenvalue weighted by atomic mass is 9.88. The van der Waals surface area contributed by atoms with Gasteiger partial charge in [-0.1, -0.05) is 53.5 Å². The molecule has 0 bridgehead atoms. The van der Waals surface area contributed by atoms with Crippen LogP contribution in [0.4, 0.5) is 0 Å². The minimum Gasteiger partial charge on any atom is -0.506 e. The first-order chi connectivity index (χ1) is 12.5. The maximum Gasteiger partial charge on any atom is 0.253 e. The Morgan fingerprint density at radius 2 is 2.00 bits per heavy atom. The molecule has 2 aromatic carbocycles. The van der Waals surface area contributed by atoms with Crippen molar-refractivity contribution in [3.63, 3.8) is 0 Å². The molecule has 26 heavy (non-hydrogen) atoms. The second kappa shape index (κ2) is 7.76. The second-order valence-corrected chi connectivity index (χ2v) is 6.64. The van der Waals surface area contributed by atoms with E-state index in [1.54, 1.807) is 0 Å². The Morgan fingerprint density at radius 3 is 2.73 bits per heavy atom. The third kappa shape index (κ3) is 3.81. The standard InChI is InChI=1S/C18H15Cl2N3O3/c19-12-6-11(16(24)14(20)7-12)8-22-23-18(26)15-13(9-21-17(15)25)10-4-2-1-3-5-10/h1-8,13,15,24H,9H2,(H,21,25)(H,23,26)/b22-8+/t13-,15+/m0/s1. The molecule has 1 heterocycles. The van der Waals surface area contributed by atoms with E-state index in [1.165, 1.54) is 18.3 Å². The highest BCUT2D eigenvalue weighted by atomic mass is 35.5. The Labute approximate surface area is 159 Å². The summed E-state index contributed by atoms with van der Waals surface area (Å²) < 4.78 is 0. The Balaban J connectivity index is 1.74. The van der Waals surface area contributed by atoms with Gasteiger partial charge in [0.2, 0.25) is 5.91 Å². The third-order valence-electron chi connectivity index (χ3n) is 4.13. The number of hydrazone groups is 1. The van der Waals surface area contributed by atoms with E-state index in [1.807, 2.05) is 30.3 Å². The van der Waals surface area contributed by atoms with Crippen molar-refractivity contribution in [2.75, 3.05) is 6.54 Å². The van der Waals surface area contributed by atoms with E-state index in [0.717, 1.165) is 5.56 Å². The zero-order chi connectivity index (χ0) is 18.7. The van der Waals surface area contributed by atoms with Crippen LogP contribution in [0.15, 0.2) is 47.6 Å². The number of carbonyl (C=O) groups is 2. The van der Waals surface area contributed by atoms with Gasteiger partial charge in [-0.2, -0.15) is 5.10 Å². The van der Waals surface area contributed by atoms with Crippen molar-refractivity contribution in [3.05, 3.63) is 63.6 Å². The molecule has 3 N–H and O–H groups in total. The predicted octanol–water partition coefficient (Wildman–Crippen LogP) is 2.68. The highest BCUT2D eigenvalue weighted by Gasteiger charge is 2.40. The molecule has 1 fully saturated rings. The summed E-state index contributed by atoms with van der Waals surface area (Å²) in [6, 6.07) is 12.2. The van der Waals surface area contributed by atoms with E-state index in [-0.39, 0.29) is 28.2 Å². The lowest BCUT2D eigenvalue weighted by Gasteiger charge is -2.15. The molecule has 134 valence electrons. The average Bonchev–Trinajstić information content (AvgIpc) is 3.01. The smallest absolute Gasteiger partial charge is 0.253 e. The third-order valence-corrected chi connectivity index (χ3v) is 4.63. The quantitative estimate of drug-likeness (QED) is 0.425. The van der Waals surface area contributed by atoms with Gasteiger partial charge in [-0.05, 0) is 17.7 Å². The molecule has 0 unspecified atom stereocenters. The minimum absolute atomic E-state index is 0.0737. The van der Waals surface area contributed by atoms with Crippen LogP contribution >= 0.6 is 23.2 Å². The summed E-state index contributed by atoms with van der Waals surface area (Å²) in [5.41, 5.74) is 3.49. The second-order valence-electron chi connectivity index (χ2n) is 5.80. The zero-order valence-corrected chi connectivity index (χ0v) is 15.0. The number of amides is 2. The van der Waals surface area contributed by atoms with E-state index < -0.39 is 11.8 Å². The van der Waals surface area contributed by atoms with Crippen LogP contribution in [0.1, 0.15) is 17.0 Å². The summed E-state index contributed by atoms with van der Waals surface area (Å²) in [7, 11) is 0. The number of hydrogen-bond donors (Lipinski definition) is 3. The number of aromatic hydroxyl groups is 1. The molecule has 2 aromatic rings. The van der Waals surface area contributed by atoms with Crippen molar-refractivity contribution in [2.45, 2.75) is 5.92 Å². The highest BCUT2D eigenvalue weighted by Crippen LogP contribution is 2.30. The molecule has 3 rings (SSSR count). The normalized spacial score (nSPS) is 19.5. The van der Waals surface area contributed by atoms with Gasteiger partial charge < -0.3 is 10.4 Å². The van der Waals surface area contributed by atoms with Gasteiger partial charge in [0, 0.05) is 23.0 Å². The number of phenolic OH excluding ortho intramolecular Hbond substituents is 1. The summed E-state index contributed by atoms with van der Waals surface area (Å²) in [5, 5.41) is 16.8. The van der Waals surface area contributed by atoms with Gasteiger partial charge in [0.1, 0.15) is 11.7 Å². The summed E-state index contributed by atoms with van der Waals surface area (Å²) in [5.74, 6) is -2.23. The van der Waals surface area contributed by atoms with Crippen LogP contribution in [0.5, 0.6) is 5.75 Å². The van der Waals surface area contributed by atoms with E-state index in [2.05, 4.69) is 15.8 Å². The number of benzene rings is 2. The van der Waals surface area contributed by atoms with Crippen LogP contribution in [0.2, 0.25) is 10.0 Å². The number of nitrogens with one attached hydrogen (secondary N) is 2. The van der Waals surface area contributed by atoms with Crippen LogP contribution in [-0.4, -0.2) is 29.7 Å². The Hall–Kier alpha value is -2.57. The molecular weight excluding hydrogens is 377 g/mol. The number of rotatable bonds is 4. The Bertz CT molecular complexity index is 871. The van der Waals surface area contributed by atoms with Crippen LogP contribution in [0, 0.1) is 5.92 Å². The van der Waals surface area contributed by atoms with Crippen LogP contribution in [-0.2, 0) is 9.59 Å². The van der Waals surface area contributed by atoms with E-state index in [0.29, 0.717) is 11.6 Å². The topological polar surface area (TPSA) is 90.8 Å². The molecule has 0 radical (unpaired) electrons. The fraction of sp³-hybridized carbons (Fsp3) is 0.167. The van der Waals surface area contributed by atoms with Crippen molar-refractivity contribution < 1.29 is 14.7 Å². The molecule has 1 aliphatic rings. The van der Waals surface area contributed by atoms with Gasteiger partial charge >= 0.3 is 0 Å². The number of carbonyl (C=O) groups excluding carboxylic acids is 2. The van der Waals surface area contributed by atoms with E-state index in [4.69, 9.17) is 23.2 Å². The fourth-order valence-electron chi connectivity index (χ4n) is 2.85. The van der Waals surface area contributed by atoms with Crippen molar-refractivity contribution >= 4 is 41.2 Å². The molecule has 0 spiro atoms. The van der Waals surface area contributed by atoms with Gasteiger partial charge in [-0.25, -0.2) is 5.43 Å². The van der Waals surface area contributed by atoms with Crippen LogP contribution in [0.25, 0.3) is 0 Å². The van der Waals surface area contributed by atoms with Gasteiger partial charge in [-0.3, -0.25) is 9.59 Å². The van der Waals surface area contributed by atoms with Gasteiger partial charge in [0.15, 0.2) is 0 Å². The SMILES string of the molecule is O=C1NC[C@@H](c2ccccc2)[C@H]1C(=O)N/N=C/c1cc(Cl)cc(Cl)c1O. The van der Waals surface area contributed by atoms with Gasteiger partial charge in [0.05, 0.1) is 11.2 Å². The first-order valence-electron chi connectivity index (χ1n) is 7.81. The van der Waals surface area contributed by atoms with Crippen molar-refractivity contribution in [1.29, 1.82) is 0 Å². The predicted molar refractivity (Wildman–Crippen MR) is 99.5 cm³/mol. The maximum absolute atomic E-state index is 12.4. The Morgan fingerprint density at radius 1 is 1.27 bits per heavy atom. The van der Waals surface area contributed by atoms with Gasteiger partial charge in [0.25, 0.3) is 5.91 Å². The van der Waals surface area contributed by atoms with Crippen LogP contribution in [0.3, 0.4) is 0 Å². The molecule has 1 aliphatic heterocycles. The summed E-state index contributed by atoms with van der Waals surface area (Å²) in [6.07, 6.45) is 1.22.